The Morgan fingerprint density at radius 2 is 1.96 bits per heavy atom. The van der Waals surface area contributed by atoms with Crippen LogP contribution in [0.25, 0.3) is 15.9 Å². The molecule has 0 atom stereocenters. The molecular formula is C15H15N5O2S. The smallest absolute Gasteiger partial charge is 0.332 e. The van der Waals surface area contributed by atoms with Crippen LogP contribution in [0.2, 0.25) is 0 Å². The number of rotatable bonds is 2. The first-order valence-corrected chi connectivity index (χ1v) is 8.21. The minimum atomic E-state index is -0.442. The number of aromatic nitrogens is 3. The van der Waals surface area contributed by atoms with Gasteiger partial charge in [-0.3, -0.25) is 14.3 Å². The highest BCUT2D eigenvalue weighted by Gasteiger charge is 2.17. The Balaban J connectivity index is 1.85. The molecule has 0 bridgehead atoms. The highest BCUT2D eigenvalue weighted by molar-refractivity contribution is 7.22. The van der Waals surface area contributed by atoms with E-state index in [9.17, 15) is 9.59 Å². The summed E-state index contributed by atoms with van der Waals surface area (Å²) in [6, 6.07) is 7.02. The molecule has 2 aromatic heterocycles. The van der Waals surface area contributed by atoms with Crippen molar-refractivity contribution in [2.75, 3.05) is 31.1 Å². The van der Waals surface area contributed by atoms with Crippen LogP contribution in [0.5, 0.6) is 0 Å². The van der Waals surface area contributed by atoms with E-state index < -0.39 is 11.2 Å². The standard InChI is InChI=1S/C15H15N5O2S/c21-12-4-7-20(14(22)18-12)11-3-1-2-10-13(11)23-15(17-10)19-8-5-16-6-9-19/h1-4,7,16H,5-6,8-9H2,(H,18,21,22). The van der Waals surface area contributed by atoms with Crippen molar-refractivity contribution in [3.63, 3.8) is 0 Å². The maximum atomic E-state index is 12.1. The van der Waals surface area contributed by atoms with Gasteiger partial charge >= 0.3 is 5.69 Å². The molecule has 1 aliphatic heterocycles. The van der Waals surface area contributed by atoms with Crippen molar-refractivity contribution in [1.82, 2.24) is 19.9 Å². The fourth-order valence-electron chi connectivity index (χ4n) is 2.71. The quantitative estimate of drug-likeness (QED) is 0.717. The predicted molar refractivity (Wildman–Crippen MR) is 90.9 cm³/mol. The summed E-state index contributed by atoms with van der Waals surface area (Å²) in [4.78, 5) is 32.6. The lowest BCUT2D eigenvalue weighted by Crippen LogP contribution is -2.43. The molecule has 0 radical (unpaired) electrons. The normalized spacial score (nSPS) is 15.2. The molecule has 0 amide bonds. The van der Waals surface area contributed by atoms with Crippen LogP contribution in [0.1, 0.15) is 0 Å². The Hall–Kier alpha value is -2.45. The van der Waals surface area contributed by atoms with Gasteiger partial charge in [0.25, 0.3) is 5.56 Å². The number of H-pyrrole nitrogens is 1. The summed E-state index contributed by atoms with van der Waals surface area (Å²) in [7, 11) is 0. The molecule has 1 aromatic carbocycles. The number of piperazine rings is 1. The number of hydrogen-bond donors (Lipinski definition) is 2. The van der Waals surface area contributed by atoms with E-state index in [1.54, 1.807) is 11.3 Å². The summed E-state index contributed by atoms with van der Waals surface area (Å²) in [6.45, 7) is 3.74. The van der Waals surface area contributed by atoms with Crippen LogP contribution in [0.4, 0.5) is 5.13 Å². The second kappa shape index (κ2) is 5.64. The first kappa shape index (κ1) is 14.2. The van der Waals surface area contributed by atoms with E-state index in [1.165, 1.54) is 16.8 Å². The van der Waals surface area contributed by atoms with E-state index in [2.05, 4.69) is 15.2 Å². The van der Waals surface area contributed by atoms with Gasteiger partial charge in [-0.1, -0.05) is 17.4 Å². The van der Waals surface area contributed by atoms with Crippen molar-refractivity contribution in [1.29, 1.82) is 0 Å². The molecule has 118 valence electrons. The van der Waals surface area contributed by atoms with Crippen LogP contribution in [0, 0.1) is 0 Å². The Morgan fingerprint density at radius 3 is 2.74 bits per heavy atom. The second-order valence-electron chi connectivity index (χ2n) is 5.34. The van der Waals surface area contributed by atoms with E-state index in [0.29, 0.717) is 0 Å². The molecule has 1 saturated heterocycles. The van der Waals surface area contributed by atoms with Crippen molar-refractivity contribution >= 4 is 26.7 Å². The molecule has 7 nitrogen and oxygen atoms in total. The van der Waals surface area contributed by atoms with Gasteiger partial charge in [-0.25, -0.2) is 9.78 Å². The molecule has 0 saturated carbocycles. The number of nitrogens with zero attached hydrogens (tertiary/aromatic N) is 3. The lowest BCUT2D eigenvalue weighted by molar-refractivity contribution is 0.588. The zero-order valence-corrected chi connectivity index (χ0v) is 13.1. The van der Waals surface area contributed by atoms with Crippen LogP contribution in [0.3, 0.4) is 0 Å². The maximum absolute atomic E-state index is 12.1. The Bertz CT molecular complexity index is 968. The molecule has 4 rings (SSSR count). The minimum Gasteiger partial charge on any atom is -0.346 e. The van der Waals surface area contributed by atoms with Gasteiger partial charge in [0.15, 0.2) is 5.13 Å². The van der Waals surface area contributed by atoms with E-state index in [1.807, 2.05) is 18.2 Å². The van der Waals surface area contributed by atoms with Gasteiger partial charge in [0.05, 0.1) is 15.9 Å². The van der Waals surface area contributed by atoms with Crippen LogP contribution in [-0.2, 0) is 0 Å². The Labute approximate surface area is 135 Å². The SMILES string of the molecule is O=c1ccn(-c2cccc3nc(N4CCNCC4)sc23)c(=O)[nH]1. The van der Waals surface area contributed by atoms with E-state index in [0.717, 1.165) is 47.2 Å². The Morgan fingerprint density at radius 1 is 1.13 bits per heavy atom. The lowest BCUT2D eigenvalue weighted by Gasteiger charge is -2.26. The molecule has 0 spiro atoms. The number of hydrogen-bond acceptors (Lipinski definition) is 6. The maximum Gasteiger partial charge on any atom is 0.332 e. The predicted octanol–water partition coefficient (Wildman–Crippen LogP) is 0.545. The number of fused-ring (bicyclic) bond motifs is 1. The zero-order valence-electron chi connectivity index (χ0n) is 12.3. The van der Waals surface area contributed by atoms with Crippen molar-refractivity contribution < 1.29 is 0 Å². The van der Waals surface area contributed by atoms with Gasteiger partial charge in [-0.05, 0) is 12.1 Å². The molecule has 0 aliphatic carbocycles. The fourth-order valence-corrected chi connectivity index (χ4v) is 3.84. The molecule has 8 heteroatoms. The number of thiazole rings is 1. The van der Waals surface area contributed by atoms with Gasteiger partial charge in [-0.15, -0.1) is 0 Å². The molecule has 0 unspecified atom stereocenters. The van der Waals surface area contributed by atoms with E-state index in [-0.39, 0.29) is 0 Å². The van der Waals surface area contributed by atoms with Crippen molar-refractivity contribution in [3.05, 3.63) is 51.3 Å². The molecule has 1 fully saturated rings. The molecular weight excluding hydrogens is 314 g/mol. The van der Waals surface area contributed by atoms with Gasteiger partial charge in [0.2, 0.25) is 0 Å². The van der Waals surface area contributed by atoms with Crippen molar-refractivity contribution in [3.8, 4) is 5.69 Å². The van der Waals surface area contributed by atoms with Crippen LogP contribution < -0.4 is 21.5 Å². The minimum absolute atomic E-state index is 0.399. The summed E-state index contributed by atoms with van der Waals surface area (Å²) < 4.78 is 2.39. The third-order valence-electron chi connectivity index (χ3n) is 3.85. The zero-order chi connectivity index (χ0) is 15.8. The topological polar surface area (TPSA) is 83.0 Å². The number of benzene rings is 1. The third kappa shape index (κ3) is 2.55. The highest BCUT2D eigenvalue weighted by Crippen LogP contribution is 2.32. The summed E-state index contributed by atoms with van der Waals surface area (Å²) in [5.41, 5.74) is 0.758. The molecule has 23 heavy (non-hydrogen) atoms. The van der Waals surface area contributed by atoms with Crippen molar-refractivity contribution in [2.24, 2.45) is 0 Å². The van der Waals surface area contributed by atoms with Gasteiger partial charge in [0.1, 0.15) is 0 Å². The summed E-state index contributed by atoms with van der Waals surface area (Å²) >= 11 is 1.57. The number of anilines is 1. The first-order chi connectivity index (χ1) is 11.2. The molecule has 3 heterocycles. The van der Waals surface area contributed by atoms with Crippen LogP contribution in [-0.4, -0.2) is 40.7 Å². The molecule has 1 aliphatic rings. The summed E-state index contributed by atoms with van der Waals surface area (Å²) in [5.74, 6) is 0. The van der Waals surface area contributed by atoms with E-state index in [4.69, 9.17) is 4.98 Å². The average Bonchev–Trinajstić information content (AvgIpc) is 3.00. The highest BCUT2D eigenvalue weighted by atomic mass is 32.1. The summed E-state index contributed by atoms with van der Waals surface area (Å²) in [5, 5.41) is 4.29. The number of nitrogens with one attached hydrogen (secondary N) is 2. The third-order valence-corrected chi connectivity index (χ3v) is 5.01. The van der Waals surface area contributed by atoms with Gasteiger partial charge < -0.3 is 10.2 Å². The van der Waals surface area contributed by atoms with Crippen LogP contribution >= 0.6 is 11.3 Å². The molecule has 2 N–H and O–H groups in total. The van der Waals surface area contributed by atoms with Crippen molar-refractivity contribution in [2.45, 2.75) is 0 Å². The van der Waals surface area contributed by atoms with Crippen LogP contribution in [0.15, 0.2) is 40.1 Å². The van der Waals surface area contributed by atoms with Gasteiger partial charge in [0, 0.05) is 38.4 Å². The average molecular weight is 329 g/mol. The second-order valence-corrected chi connectivity index (χ2v) is 6.32. The lowest BCUT2D eigenvalue weighted by atomic mass is 10.3. The Kier molecular flexibility index (Phi) is 3.47. The van der Waals surface area contributed by atoms with Gasteiger partial charge in [-0.2, -0.15) is 0 Å². The first-order valence-electron chi connectivity index (χ1n) is 7.40. The molecule has 3 aromatic rings. The monoisotopic (exact) mass is 329 g/mol. The fraction of sp³-hybridized carbons (Fsp3) is 0.267. The number of aromatic amines is 1. The summed E-state index contributed by atoms with van der Waals surface area (Å²) in [6.07, 6.45) is 1.50. The largest absolute Gasteiger partial charge is 0.346 e. The van der Waals surface area contributed by atoms with E-state index >= 15 is 0 Å².